The standard InChI is InChI=1S/C13H13FO2/c1-16-13(15)11-8-10(11)12(14)7-9-5-3-2-4-6-9/h2-7,10-11H,8H2,1H3. The molecule has 1 fully saturated rings. The van der Waals surface area contributed by atoms with Crippen molar-refractivity contribution in [3.8, 4) is 0 Å². The molecule has 84 valence electrons. The van der Waals surface area contributed by atoms with Gasteiger partial charge in [-0.25, -0.2) is 4.39 Å². The van der Waals surface area contributed by atoms with Crippen molar-refractivity contribution in [2.45, 2.75) is 6.42 Å². The van der Waals surface area contributed by atoms with E-state index in [9.17, 15) is 9.18 Å². The smallest absolute Gasteiger partial charge is 0.309 e. The van der Waals surface area contributed by atoms with Gasteiger partial charge in [0.25, 0.3) is 0 Å². The summed E-state index contributed by atoms with van der Waals surface area (Å²) >= 11 is 0. The number of carbonyl (C=O) groups excluding carboxylic acids is 1. The van der Waals surface area contributed by atoms with Crippen LogP contribution in [0.1, 0.15) is 12.0 Å². The lowest BCUT2D eigenvalue weighted by Gasteiger charge is -1.97. The molecule has 1 saturated carbocycles. The van der Waals surface area contributed by atoms with Gasteiger partial charge in [-0.1, -0.05) is 30.3 Å². The Balaban J connectivity index is 2.03. The van der Waals surface area contributed by atoms with E-state index in [1.54, 1.807) is 0 Å². The third kappa shape index (κ3) is 2.30. The number of hydrogen-bond donors (Lipinski definition) is 0. The predicted molar refractivity (Wildman–Crippen MR) is 59.1 cm³/mol. The molecule has 1 aliphatic carbocycles. The van der Waals surface area contributed by atoms with Crippen LogP contribution in [0.4, 0.5) is 4.39 Å². The maximum absolute atomic E-state index is 13.7. The van der Waals surface area contributed by atoms with Crippen molar-refractivity contribution in [1.29, 1.82) is 0 Å². The minimum atomic E-state index is -0.318. The molecule has 0 N–H and O–H groups in total. The predicted octanol–water partition coefficient (Wildman–Crippen LogP) is 2.81. The molecule has 0 spiro atoms. The van der Waals surface area contributed by atoms with E-state index in [0.717, 1.165) is 5.56 Å². The minimum Gasteiger partial charge on any atom is -0.469 e. The first-order valence-electron chi connectivity index (χ1n) is 5.22. The van der Waals surface area contributed by atoms with E-state index in [1.165, 1.54) is 13.2 Å². The van der Waals surface area contributed by atoms with Crippen LogP contribution in [-0.2, 0) is 9.53 Å². The van der Waals surface area contributed by atoms with Crippen LogP contribution in [0.15, 0.2) is 36.2 Å². The van der Waals surface area contributed by atoms with Crippen LogP contribution in [0.3, 0.4) is 0 Å². The van der Waals surface area contributed by atoms with Crippen LogP contribution in [0.5, 0.6) is 0 Å². The number of methoxy groups -OCH3 is 1. The Kier molecular flexibility index (Phi) is 3.04. The average molecular weight is 220 g/mol. The van der Waals surface area contributed by atoms with E-state index >= 15 is 0 Å². The van der Waals surface area contributed by atoms with Gasteiger partial charge in [-0.3, -0.25) is 4.79 Å². The first kappa shape index (κ1) is 10.9. The molecule has 0 amide bonds. The highest BCUT2D eigenvalue weighted by atomic mass is 19.1. The van der Waals surface area contributed by atoms with Crippen molar-refractivity contribution in [2.24, 2.45) is 11.8 Å². The van der Waals surface area contributed by atoms with Crippen molar-refractivity contribution in [1.82, 2.24) is 0 Å². The van der Waals surface area contributed by atoms with E-state index < -0.39 is 0 Å². The van der Waals surface area contributed by atoms with E-state index in [2.05, 4.69) is 4.74 Å². The van der Waals surface area contributed by atoms with Crippen molar-refractivity contribution in [2.75, 3.05) is 7.11 Å². The zero-order valence-electron chi connectivity index (χ0n) is 9.02. The molecular formula is C13H13FO2. The quantitative estimate of drug-likeness (QED) is 0.732. The third-order valence-corrected chi connectivity index (χ3v) is 2.75. The van der Waals surface area contributed by atoms with E-state index in [1.807, 2.05) is 30.3 Å². The Hall–Kier alpha value is -1.64. The highest BCUT2D eigenvalue weighted by molar-refractivity contribution is 5.76. The van der Waals surface area contributed by atoms with Gasteiger partial charge in [-0.2, -0.15) is 0 Å². The summed E-state index contributed by atoms with van der Waals surface area (Å²) in [5.41, 5.74) is 0.815. The van der Waals surface area contributed by atoms with E-state index in [4.69, 9.17) is 0 Å². The fraction of sp³-hybridized carbons (Fsp3) is 0.308. The van der Waals surface area contributed by atoms with Crippen LogP contribution in [0.25, 0.3) is 6.08 Å². The molecular weight excluding hydrogens is 207 g/mol. The lowest BCUT2D eigenvalue weighted by atomic mass is 10.1. The number of carbonyl (C=O) groups is 1. The summed E-state index contributed by atoms with van der Waals surface area (Å²) in [6, 6.07) is 9.24. The lowest BCUT2D eigenvalue weighted by Crippen LogP contribution is -2.04. The molecule has 1 aromatic rings. The maximum atomic E-state index is 13.7. The Morgan fingerprint density at radius 2 is 2.06 bits per heavy atom. The monoisotopic (exact) mass is 220 g/mol. The van der Waals surface area contributed by atoms with Crippen LogP contribution >= 0.6 is 0 Å². The van der Waals surface area contributed by atoms with Gasteiger partial charge in [0.15, 0.2) is 0 Å². The number of hydrogen-bond acceptors (Lipinski definition) is 2. The number of benzene rings is 1. The van der Waals surface area contributed by atoms with Crippen LogP contribution < -0.4 is 0 Å². The lowest BCUT2D eigenvalue weighted by molar-refractivity contribution is -0.142. The van der Waals surface area contributed by atoms with Crippen molar-refractivity contribution in [3.05, 3.63) is 41.7 Å². The maximum Gasteiger partial charge on any atom is 0.309 e. The molecule has 0 heterocycles. The molecule has 0 aliphatic heterocycles. The van der Waals surface area contributed by atoms with Crippen molar-refractivity contribution < 1.29 is 13.9 Å². The van der Waals surface area contributed by atoms with E-state index in [-0.39, 0.29) is 23.6 Å². The van der Waals surface area contributed by atoms with E-state index in [0.29, 0.717) is 6.42 Å². The Labute approximate surface area is 93.7 Å². The van der Waals surface area contributed by atoms with Crippen molar-refractivity contribution >= 4 is 12.0 Å². The fourth-order valence-corrected chi connectivity index (χ4v) is 1.73. The summed E-state index contributed by atoms with van der Waals surface area (Å²) in [6.07, 6.45) is 2.04. The molecule has 0 aromatic heterocycles. The number of allylic oxidation sites excluding steroid dienone is 1. The summed E-state index contributed by atoms with van der Waals surface area (Å²) in [4.78, 5) is 11.1. The molecule has 1 aromatic carbocycles. The fourth-order valence-electron chi connectivity index (χ4n) is 1.73. The second-order valence-electron chi connectivity index (χ2n) is 3.91. The molecule has 2 atom stereocenters. The van der Waals surface area contributed by atoms with Gasteiger partial charge in [-0.15, -0.1) is 0 Å². The summed E-state index contributed by atoms with van der Waals surface area (Å²) in [6.45, 7) is 0. The molecule has 1 aliphatic rings. The minimum absolute atomic E-state index is 0.235. The van der Waals surface area contributed by atoms with Crippen LogP contribution in [0.2, 0.25) is 0 Å². The summed E-state index contributed by atoms with van der Waals surface area (Å²) in [5, 5.41) is 0. The summed E-state index contributed by atoms with van der Waals surface area (Å²) in [7, 11) is 1.33. The molecule has 0 bridgehead atoms. The van der Waals surface area contributed by atoms with Gasteiger partial charge < -0.3 is 4.74 Å². The second kappa shape index (κ2) is 4.47. The molecule has 0 saturated heterocycles. The SMILES string of the molecule is COC(=O)C1CC1C(F)=Cc1ccccc1. The highest BCUT2D eigenvalue weighted by Gasteiger charge is 2.46. The number of halogens is 1. The molecule has 2 unspecified atom stereocenters. The molecule has 16 heavy (non-hydrogen) atoms. The van der Waals surface area contributed by atoms with Crippen molar-refractivity contribution in [3.63, 3.8) is 0 Å². The van der Waals surface area contributed by atoms with Gasteiger partial charge in [0.2, 0.25) is 0 Å². The van der Waals surface area contributed by atoms with Gasteiger partial charge >= 0.3 is 5.97 Å². The van der Waals surface area contributed by atoms with Crippen LogP contribution in [0, 0.1) is 11.8 Å². The molecule has 2 rings (SSSR count). The van der Waals surface area contributed by atoms with Crippen LogP contribution in [-0.4, -0.2) is 13.1 Å². The average Bonchev–Trinajstić information content (AvgIpc) is 3.09. The van der Waals surface area contributed by atoms with Gasteiger partial charge in [0.1, 0.15) is 5.83 Å². The first-order valence-corrected chi connectivity index (χ1v) is 5.22. The summed E-state index contributed by atoms with van der Waals surface area (Å²) in [5.74, 6) is -1.12. The zero-order valence-corrected chi connectivity index (χ0v) is 9.02. The van der Waals surface area contributed by atoms with Gasteiger partial charge in [0.05, 0.1) is 13.0 Å². The zero-order chi connectivity index (χ0) is 11.5. The Morgan fingerprint density at radius 1 is 1.38 bits per heavy atom. The van der Waals surface area contributed by atoms with Gasteiger partial charge in [0, 0.05) is 5.92 Å². The number of esters is 1. The molecule has 3 heteroatoms. The number of rotatable bonds is 3. The second-order valence-corrected chi connectivity index (χ2v) is 3.91. The Morgan fingerprint density at radius 3 is 2.69 bits per heavy atom. The van der Waals surface area contributed by atoms with Gasteiger partial charge in [-0.05, 0) is 18.1 Å². The molecule has 2 nitrogen and oxygen atoms in total. The Bertz CT molecular complexity index is 411. The highest BCUT2D eigenvalue weighted by Crippen LogP contribution is 2.45. The number of ether oxygens (including phenoxy) is 1. The largest absolute Gasteiger partial charge is 0.469 e. The first-order chi connectivity index (χ1) is 7.72. The molecule has 0 radical (unpaired) electrons. The normalized spacial score (nSPS) is 24.0. The third-order valence-electron chi connectivity index (χ3n) is 2.75. The summed E-state index contributed by atoms with van der Waals surface area (Å²) < 4.78 is 18.2. The topological polar surface area (TPSA) is 26.3 Å².